The summed E-state index contributed by atoms with van der Waals surface area (Å²) in [6.45, 7) is 0. The van der Waals surface area contributed by atoms with Gasteiger partial charge in [-0.1, -0.05) is 212 Å². The van der Waals surface area contributed by atoms with E-state index in [4.69, 9.17) is 0 Å². The van der Waals surface area contributed by atoms with Gasteiger partial charge in [-0.05, 0) is 159 Å². The van der Waals surface area contributed by atoms with E-state index in [2.05, 4.69) is 266 Å². The normalized spacial score (nSPS) is 12.8. The summed E-state index contributed by atoms with van der Waals surface area (Å²) < 4.78 is 0. The van der Waals surface area contributed by atoms with E-state index < -0.39 is 5.41 Å². The van der Waals surface area contributed by atoms with Gasteiger partial charge in [0.25, 0.3) is 0 Å². The molecule has 0 bridgehead atoms. The summed E-state index contributed by atoms with van der Waals surface area (Å²) in [5.41, 5.74) is 20.4. The third-order valence-electron chi connectivity index (χ3n) is 14.9. The first-order valence-corrected chi connectivity index (χ1v) is 23.7. The van der Waals surface area contributed by atoms with E-state index in [9.17, 15) is 0 Å². The summed E-state index contributed by atoms with van der Waals surface area (Å²) in [5.74, 6) is 0. The zero-order valence-electron chi connectivity index (χ0n) is 37.3. The van der Waals surface area contributed by atoms with Gasteiger partial charge in [-0.2, -0.15) is 0 Å². The van der Waals surface area contributed by atoms with Crippen LogP contribution in [0.1, 0.15) is 22.3 Å². The minimum atomic E-state index is -0.580. The van der Waals surface area contributed by atoms with Crippen molar-refractivity contribution >= 4 is 49.4 Å². The molecule has 14 rings (SSSR count). The minimum absolute atomic E-state index is 0.580. The average molecular weight is 862 g/mol. The molecule has 68 heavy (non-hydrogen) atoms. The number of rotatable bonds is 6. The predicted octanol–water partition coefficient (Wildman–Crippen LogP) is 18.0. The molecule has 0 heterocycles. The number of nitrogens with zero attached hydrogens (tertiary/aromatic N) is 1. The SMILES string of the molecule is c1ccc(-c2ccc(N(c3ccc4c(c3)C3(c5ccccc5-4)c4cc(-c5ccccc5)ccc4-c4ccc(-c5ccccc5)cc43)c3ccc4c5ccccc5c5ccccc5c4c3)cc2)cc1. The molecule has 2 aliphatic rings. The molecule has 12 aromatic rings. The number of hydrogen-bond donors (Lipinski definition) is 0. The van der Waals surface area contributed by atoms with Crippen LogP contribution in [0.25, 0.3) is 88.0 Å². The number of hydrogen-bond acceptors (Lipinski definition) is 1. The highest BCUT2D eigenvalue weighted by molar-refractivity contribution is 6.25. The summed E-state index contributed by atoms with van der Waals surface area (Å²) in [4.78, 5) is 2.48. The molecule has 0 N–H and O–H groups in total. The largest absolute Gasteiger partial charge is 0.310 e. The maximum Gasteiger partial charge on any atom is 0.0726 e. The monoisotopic (exact) mass is 861 g/mol. The molecular formula is C67H43N. The molecule has 1 spiro atoms. The van der Waals surface area contributed by atoms with Crippen LogP contribution in [0.3, 0.4) is 0 Å². The Morgan fingerprint density at radius 2 is 0.559 bits per heavy atom. The van der Waals surface area contributed by atoms with Gasteiger partial charge in [-0.3, -0.25) is 0 Å². The first-order chi connectivity index (χ1) is 33.7. The first-order valence-electron chi connectivity index (χ1n) is 23.7. The fraction of sp³-hybridized carbons (Fsp3) is 0.0149. The topological polar surface area (TPSA) is 3.24 Å². The van der Waals surface area contributed by atoms with Crippen LogP contribution in [0.5, 0.6) is 0 Å². The molecular weight excluding hydrogens is 819 g/mol. The third kappa shape index (κ3) is 5.69. The van der Waals surface area contributed by atoms with Gasteiger partial charge < -0.3 is 4.90 Å². The lowest BCUT2D eigenvalue weighted by molar-refractivity contribution is 0.794. The molecule has 0 unspecified atom stereocenters. The van der Waals surface area contributed by atoms with Gasteiger partial charge in [0.2, 0.25) is 0 Å². The van der Waals surface area contributed by atoms with Crippen molar-refractivity contribution in [2.45, 2.75) is 5.41 Å². The van der Waals surface area contributed by atoms with Crippen LogP contribution >= 0.6 is 0 Å². The van der Waals surface area contributed by atoms with Gasteiger partial charge in [0.15, 0.2) is 0 Å². The molecule has 12 aromatic carbocycles. The smallest absolute Gasteiger partial charge is 0.0726 e. The fourth-order valence-corrected chi connectivity index (χ4v) is 11.8. The molecule has 0 saturated carbocycles. The molecule has 1 heteroatoms. The second-order valence-corrected chi connectivity index (χ2v) is 18.3. The molecule has 2 aliphatic carbocycles. The van der Waals surface area contributed by atoms with Crippen molar-refractivity contribution < 1.29 is 0 Å². The lowest BCUT2D eigenvalue weighted by Gasteiger charge is -2.33. The van der Waals surface area contributed by atoms with Crippen molar-refractivity contribution in [3.8, 4) is 55.6 Å². The lowest BCUT2D eigenvalue weighted by Crippen LogP contribution is -2.26. The lowest BCUT2D eigenvalue weighted by atomic mass is 9.69. The first kappa shape index (κ1) is 38.5. The highest BCUT2D eigenvalue weighted by atomic mass is 15.1. The van der Waals surface area contributed by atoms with Crippen molar-refractivity contribution in [1.82, 2.24) is 0 Å². The molecule has 0 aliphatic heterocycles. The van der Waals surface area contributed by atoms with Crippen molar-refractivity contribution in [3.63, 3.8) is 0 Å². The van der Waals surface area contributed by atoms with Gasteiger partial charge in [0.1, 0.15) is 0 Å². The van der Waals surface area contributed by atoms with Gasteiger partial charge in [0.05, 0.1) is 5.41 Å². The van der Waals surface area contributed by atoms with Crippen LogP contribution in [0, 0.1) is 0 Å². The molecule has 0 fully saturated rings. The summed E-state index contributed by atoms with van der Waals surface area (Å²) in [6, 6.07) is 97.1. The van der Waals surface area contributed by atoms with Gasteiger partial charge >= 0.3 is 0 Å². The second-order valence-electron chi connectivity index (χ2n) is 18.3. The van der Waals surface area contributed by atoms with Crippen molar-refractivity contribution in [2.24, 2.45) is 0 Å². The fourth-order valence-electron chi connectivity index (χ4n) is 11.8. The van der Waals surface area contributed by atoms with Crippen LogP contribution in [-0.2, 0) is 5.41 Å². The zero-order valence-corrected chi connectivity index (χ0v) is 37.3. The van der Waals surface area contributed by atoms with Crippen LogP contribution < -0.4 is 4.90 Å². The molecule has 0 radical (unpaired) electrons. The van der Waals surface area contributed by atoms with E-state index in [0.717, 1.165) is 17.1 Å². The molecule has 0 atom stereocenters. The third-order valence-corrected chi connectivity index (χ3v) is 14.9. The van der Waals surface area contributed by atoms with E-state index in [-0.39, 0.29) is 0 Å². The van der Waals surface area contributed by atoms with E-state index in [1.165, 1.54) is 110 Å². The van der Waals surface area contributed by atoms with Crippen LogP contribution in [0.4, 0.5) is 17.1 Å². The Labute approximate surface area is 396 Å². The van der Waals surface area contributed by atoms with E-state index in [1.807, 2.05) is 0 Å². The molecule has 316 valence electrons. The number of benzene rings is 12. The Hall–Kier alpha value is -8.78. The minimum Gasteiger partial charge on any atom is -0.310 e. The number of fused-ring (bicyclic) bond motifs is 16. The van der Waals surface area contributed by atoms with E-state index in [1.54, 1.807) is 0 Å². The highest BCUT2D eigenvalue weighted by Gasteiger charge is 2.52. The summed E-state index contributed by atoms with van der Waals surface area (Å²) in [5, 5.41) is 7.58. The van der Waals surface area contributed by atoms with Crippen LogP contribution in [0.15, 0.2) is 261 Å². The Balaban J connectivity index is 1.04. The van der Waals surface area contributed by atoms with Crippen LogP contribution in [0.2, 0.25) is 0 Å². The molecule has 0 amide bonds. The quantitative estimate of drug-likeness (QED) is 0.151. The molecule has 0 saturated heterocycles. The van der Waals surface area contributed by atoms with E-state index in [0.29, 0.717) is 0 Å². The molecule has 0 aromatic heterocycles. The number of anilines is 3. The van der Waals surface area contributed by atoms with Gasteiger partial charge in [0, 0.05) is 17.1 Å². The van der Waals surface area contributed by atoms with Crippen molar-refractivity contribution in [3.05, 3.63) is 283 Å². The standard InChI is InChI=1S/C67H43N/c1-4-16-44(17-5-1)47-28-32-50(33-29-47)68(51-34-38-57-55-24-11-10-22-53(55)54-23-12-13-25-56(54)62(57)42-51)52-35-39-61-58-26-14-15-27-63(58)67(66(61)43-52)64-40-48(45-18-6-2-7-19-45)30-36-59(64)60-37-31-49(41-65(60)67)46-20-8-3-9-21-46/h1-43H. The maximum atomic E-state index is 2.52. The Morgan fingerprint density at radius 1 is 0.206 bits per heavy atom. The van der Waals surface area contributed by atoms with E-state index >= 15 is 0 Å². The van der Waals surface area contributed by atoms with Crippen LogP contribution in [-0.4, -0.2) is 0 Å². The maximum absolute atomic E-state index is 2.52. The second kappa shape index (κ2) is 15.1. The molecule has 1 nitrogen and oxygen atoms in total. The van der Waals surface area contributed by atoms with Gasteiger partial charge in [-0.25, -0.2) is 0 Å². The Bertz CT molecular complexity index is 3820. The Morgan fingerprint density at radius 3 is 1.12 bits per heavy atom. The highest BCUT2D eigenvalue weighted by Crippen LogP contribution is 2.64. The Kier molecular flexibility index (Phi) is 8.57. The summed E-state index contributed by atoms with van der Waals surface area (Å²) in [6.07, 6.45) is 0. The van der Waals surface area contributed by atoms with Gasteiger partial charge in [-0.15, -0.1) is 0 Å². The van der Waals surface area contributed by atoms with Crippen molar-refractivity contribution in [2.75, 3.05) is 4.90 Å². The predicted molar refractivity (Wildman–Crippen MR) is 286 cm³/mol. The summed E-state index contributed by atoms with van der Waals surface area (Å²) >= 11 is 0. The van der Waals surface area contributed by atoms with Crippen molar-refractivity contribution in [1.29, 1.82) is 0 Å². The summed E-state index contributed by atoms with van der Waals surface area (Å²) in [7, 11) is 0. The average Bonchev–Trinajstić information content (AvgIpc) is 3.88. The zero-order chi connectivity index (χ0) is 44.8.